The van der Waals surface area contributed by atoms with Gasteiger partial charge >= 0.3 is 11.9 Å². The molecule has 1 aromatic carbocycles. The number of aromatic hydroxyl groups is 2. The Labute approximate surface area is 186 Å². The molecule has 0 saturated carbocycles. The number of unbranched alkanes of at least 4 members (excludes halogenated alkanes) is 5. The van der Waals surface area contributed by atoms with Crippen molar-refractivity contribution in [2.45, 2.75) is 98.3 Å². The van der Waals surface area contributed by atoms with E-state index in [1.165, 1.54) is 6.07 Å². The molecule has 0 bridgehead atoms. The first-order chi connectivity index (χ1) is 14.4. The number of phenols is 2. The number of hydrogen-bond acceptors (Lipinski definition) is 4. The van der Waals surface area contributed by atoms with Crippen LogP contribution in [0.2, 0.25) is 0 Å². The molecule has 176 valence electrons. The minimum Gasteiger partial charge on any atom is -0.508 e. The summed E-state index contributed by atoms with van der Waals surface area (Å²) in [6.45, 7) is 6.98. The summed E-state index contributed by atoms with van der Waals surface area (Å²) in [6, 6.07) is 3.09. The molecule has 1 aromatic rings. The highest BCUT2D eigenvalue weighted by Crippen LogP contribution is 2.31. The van der Waals surface area contributed by atoms with Gasteiger partial charge in [-0.05, 0) is 83.4 Å². The Kier molecular flexibility index (Phi) is 10.3. The van der Waals surface area contributed by atoms with E-state index in [9.17, 15) is 30.0 Å². The van der Waals surface area contributed by atoms with Crippen LogP contribution in [0.1, 0.15) is 96.6 Å². The van der Waals surface area contributed by atoms with Gasteiger partial charge < -0.3 is 20.4 Å². The van der Waals surface area contributed by atoms with Gasteiger partial charge in [-0.25, -0.2) is 0 Å². The van der Waals surface area contributed by atoms with Gasteiger partial charge in [-0.2, -0.15) is 0 Å². The van der Waals surface area contributed by atoms with Crippen LogP contribution in [0.3, 0.4) is 0 Å². The number of carboxylic acids is 2. The maximum Gasteiger partial charge on any atom is 0.309 e. The highest BCUT2D eigenvalue weighted by molar-refractivity contribution is 5.73. The van der Waals surface area contributed by atoms with Gasteiger partial charge in [0.15, 0.2) is 0 Å². The second-order valence-corrected chi connectivity index (χ2v) is 9.96. The smallest absolute Gasteiger partial charge is 0.309 e. The molecule has 31 heavy (non-hydrogen) atoms. The Hall–Kier alpha value is -2.24. The van der Waals surface area contributed by atoms with E-state index >= 15 is 0 Å². The molecule has 6 nitrogen and oxygen atoms in total. The fourth-order valence-corrected chi connectivity index (χ4v) is 3.71. The fourth-order valence-electron chi connectivity index (χ4n) is 3.71. The van der Waals surface area contributed by atoms with Crippen molar-refractivity contribution in [3.05, 3.63) is 23.3 Å². The van der Waals surface area contributed by atoms with Gasteiger partial charge in [0.25, 0.3) is 0 Å². The molecule has 4 N–H and O–H groups in total. The first kappa shape index (κ1) is 26.8. The summed E-state index contributed by atoms with van der Waals surface area (Å²) in [5.41, 5.74) is 0.410. The highest BCUT2D eigenvalue weighted by Gasteiger charge is 2.26. The Morgan fingerprint density at radius 2 is 1.16 bits per heavy atom. The van der Waals surface area contributed by atoms with Crippen LogP contribution >= 0.6 is 0 Å². The van der Waals surface area contributed by atoms with Gasteiger partial charge in [0.1, 0.15) is 11.5 Å². The van der Waals surface area contributed by atoms with Crippen molar-refractivity contribution >= 4 is 11.9 Å². The molecular weight excluding hydrogens is 396 g/mol. The van der Waals surface area contributed by atoms with Gasteiger partial charge in [0, 0.05) is 6.07 Å². The van der Waals surface area contributed by atoms with E-state index in [0.717, 1.165) is 68.9 Å². The topological polar surface area (TPSA) is 115 Å². The van der Waals surface area contributed by atoms with Crippen molar-refractivity contribution < 1.29 is 30.0 Å². The maximum atomic E-state index is 11.2. The van der Waals surface area contributed by atoms with E-state index in [4.69, 9.17) is 0 Å². The van der Waals surface area contributed by atoms with Crippen LogP contribution in [0, 0.1) is 10.8 Å². The van der Waals surface area contributed by atoms with Crippen LogP contribution in [0.5, 0.6) is 11.5 Å². The minimum absolute atomic E-state index is 0.0548. The quantitative estimate of drug-likeness (QED) is 0.254. The van der Waals surface area contributed by atoms with E-state index in [1.807, 2.05) is 0 Å². The van der Waals surface area contributed by atoms with Crippen LogP contribution in [-0.4, -0.2) is 32.4 Å². The number of benzene rings is 1. The van der Waals surface area contributed by atoms with Crippen molar-refractivity contribution in [2.24, 2.45) is 10.8 Å². The SMILES string of the molecule is CC(C)(CCCCCCc1c(O)cc(O)cc1CCCCCC(C)(C)C(=O)O)C(=O)O. The molecule has 0 aliphatic carbocycles. The van der Waals surface area contributed by atoms with Gasteiger partial charge in [0.05, 0.1) is 10.8 Å². The van der Waals surface area contributed by atoms with Crippen LogP contribution < -0.4 is 0 Å². The standard InChI is InChI=1S/C25H40O6/c1-24(2,22(28)29)14-10-6-5-9-13-20-18(16-19(26)17-21(20)27)12-8-7-11-15-25(3,4)23(30)31/h16-17,26-27H,5-15H2,1-4H3,(H,28,29)(H,30,31). The number of carbonyl (C=O) groups is 2. The van der Waals surface area contributed by atoms with Crippen molar-refractivity contribution in [1.29, 1.82) is 0 Å². The molecule has 0 saturated heterocycles. The maximum absolute atomic E-state index is 11.2. The predicted molar refractivity (Wildman–Crippen MR) is 122 cm³/mol. The van der Waals surface area contributed by atoms with Crippen LogP contribution in [0.25, 0.3) is 0 Å². The third kappa shape index (κ3) is 9.19. The molecule has 0 amide bonds. The fraction of sp³-hybridized carbons (Fsp3) is 0.680. The summed E-state index contributed by atoms with van der Waals surface area (Å²) in [5.74, 6) is -1.37. The van der Waals surface area contributed by atoms with Gasteiger partial charge in [-0.15, -0.1) is 0 Å². The Bertz CT molecular complexity index is 736. The molecule has 0 spiro atoms. The lowest BCUT2D eigenvalue weighted by Gasteiger charge is -2.19. The molecular formula is C25H40O6. The molecule has 0 aliphatic heterocycles. The average Bonchev–Trinajstić information content (AvgIpc) is 2.65. The second kappa shape index (κ2) is 12.0. The number of aliphatic carboxylic acids is 2. The van der Waals surface area contributed by atoms with Crippen LogP contribution in [-0.2, 0) is 22.4 Å². The molecule has 0 aromatic heterocycles. The van der Waals surface area contributed by atoms with Gasteiger partial charge in [0.2, 0.25) is 0 Å². The van der Waals surface area contributed by atoms with E-state index in [2.05, 4.69) is 0 Å². The first-order valence-electron chi connectivity index (χ1n) is 11.4. The molecule has 0 fully saturated rings. The van der Waals surface area contributed by atoms with Crippen molar-refractivity contribution in [1.82, 2.24) is 0 Å². The molecule has 0 atom stereocenters. The summed E-state index contributed by atoms with van der Waals surface area (Å²) < 4.78 is 0. The lowest BCUT2D eigenvalue weighted by molar-refractivity contribution is -0.148. The van der Waals surface area contributed by atoms with E-state index in [-0.39, 0.29) is 11.5 Å². The third-order valence-corrected chi connectivity index (χ3v) is 6.19. The Balaban J connectivity index is 2.49. The van der Waals surface area contributed by atoms with Crippen molar-refractivity contribution in [3.8, 4) is 11.5 Å². The predicted octanol–water partition coefficient (Wildman–Crippen LogP) is 5.92. The summed E-state index contributed by atoms with van der Waals surface area (Å²) in [4.78, 5) is 22.3. The second-order valence-electron chi connectivity index (χ2n) is 9.96. The summed E-state index contributed by atoms with van der Waals surface area (Å²) in [5, 5.41) is 38.6. The van der Waals surface area contributed by atoms with Crippen LogP contribution in [0.15, 0.2) is 12.1 Å². The normalized spacial score (nSPS) is 12.1. The zero-order valence-corrected chi connectivity index (χ0v) is 19.5. The number of aryl methyl sites for hydroxylation is 1. The Morgan fingerprint density at radius 3 is 1.68 bits per heavy atom. The monoisotopic (exact) mass is 436 g/mol. The lowest BCUT2D eigenvalue weighted by atomic mass is 9.86. The average molecular weight is 437 g/mol. The molecule has 0 unspecified atom stereocenters. The molecule has 0 heterocycles. The number of phenolic OH excluding ortho intramolecular Hbond substituents is 2. The number of carboxylic acid groups (broad SMARTS) is 2. The van der Waals surface area contributed by atoms with E-state index in [1.54, 1.807) is 33.8 Å². The molecule has 6 heteroatoms. The van der Waals surface area contributed by atoms with E-state index in [0.29, 0.717) is 12.8 Å². The Morgan fingerprint density at radius 1 is 0.710 bits per heavy atom. The number of rotatable bonds is 15. The summed E-state index contributed by atoms with van der Waals surface area (Å²) in [7, 11) is 0. The van der Waals surface area contributed by atoms with Crippen LogP contribution in [0.4, 0.5) is 0 Å². The van der Waals surface area contributed by atoms with Crippen molar-refractivity contribution in [2.75, 3.05) is 0 Å². The first-order valence-corrected chi connectivity index (χ1v) is 11.4. The zero-order valence-electron chi connectivity index (χ0n) is 19.5. The summed E-state index contributed by atoms with van der Waals surface area (Å²) in [6.07, 6.45) is 8.98. The highest BCUT2D eigenvalue weighted by atomic mass is 16.4. The largest absolute Gasteiger partial charge is 0.508 e. The van der Waals surface area contributed by atoms with Gasteiger partial charge in [-0.1, -0.05) is 32.1 Å². The summed E-state index contributed by atoms with van der Waals surface area (Å²) >= 11 is 0. The van der Waals surface area contributed by atoms with Gasteiger partial charge in [-0.3, -0.25) is 9.59 Å². The number of hydrogen-bond donors (Lipinski definition) is 4. The van der Waals surface area contributed by atoms with E-state index < -0.39 is 22.8 Å². The minimum atomic E-state index is -0.779. The molecule has 0 radical (unpaired) electrons. The van der Waals surface area contributed by atoms with Crippen molar-refractivity contribution in [3.63, 3.8) is 0 Å². The molecule has 0 aliphatic rings. The lowest BCUT2D eigenvalue weighted by Crippen LogP contribution is -2.23. The zero-order chi connectivity index (χ0) is 23.7. The third-order valence-electron chi connectivity index (χ3n) is 6.19. The molecule has 1 rings (SSSR count).